The summed E-state index contributed by atoms with van der Waals surface area (Å²) in [7, 11) is 1.28. The van der Waals surface area contributed by atoms with Crippen molar-refractivity contribution in [3.63, 3.8) is 0 Å². The smallest absolute Gasteiger partial charge is 0.420 e. The summed E-state index contributed by atoms with van der Waals surface area (Å²) in [6, 6.07) is 4.52. The highest BCUT2D eigenvalue weighted by molar-refractivity contribution is 6.30. The largest absolute Gasteiger partial charge is 0.508 e. The Kier molecular flexibility index (Phi) is 4.65. The van der Waals surface area contributed by atoms with Gasteiger partial charge in [-0.15, -0.1) is 0 Å². The van der Waals surface area contributed by atoms with Crippen LogP contribution in [0.25, 0.3) is 0 Å². The summed E-state index contributed by atoms with van der Waals surface area (Å²) in [6.07, 6.45) is -2.42. The monoisotopic (exact) mass is 345 g/mol. The lowest BCUT2D eigenvalue weighted by Gasteiger charge is -2.17. The fourth-order valence-corrected chi connectivity index (χ4v) is 1.90. The molecule has 2 rings (SSSR count). The summed E-state index contributed by atoms with van der Waals surface area (Å²) in [5, 5.41) is 23.4. The van der Waals surface area contributed by atoms with Gasteiger partial charge in [0.25, 0.3) is 0 Å². The van der Waals surface area contributed by atoms with Crippen molar-refractivity contribution in [1.82, 2.24) is 4.98 Å². The van der Waals surface area contributed by atoms with Gasteiger partial charge >= 0.3 is 6.18 Å². The van der Waals surface area contributed by atoms with Crippen LogP contribution in [0.3, 0.4) is 0 Å². The molecule has 0 aliphatic heterocycles. The topological polar surface area (TPSA) is 69.0 Å². The lowest BCUT2D eigenvalue weighted by molar-refractivity contribution is -0.137. The zero-order chi connectivity index (χ0) is 17.2. The molecule has 0 spiro atoms. The maximum Gasteiger partial charge on any atom is 0.420 e. The van der Waals surface area contributed by atoms with E-state index in [9.17, 15) is 23.4 Å². The third-order valence-corrected chi connectivity index (χ3v) is 3.04. The molecule has 122 valence electrons. The van der Waals surface area contributed by atoms with Gasteiger partial charge < -0.3 is 10.2 Å². The lowest BCUT2D eigenvalue weighted by atomic mass is 10.2. The minimum atomic E-state index is -4.64. The van der Waals surface area contributed by atoms with Gasteiger partial charge in [0.2, 0.25) is 0 Å². The number of phenolic OH excluding ortho intramolecular Hbond substituents is 2. The molecule has 0 amide bonds. The molecule has 23 heavy (non-hydrogen) atoms. The predicted molar refractivity (Wildman–Crippen MR) is 80.0 cm³/mol. The van der Waals surface area contributed by atoms with Crippen LogP contribution in [0.4, 0.5) is 19.0 Å². The second-order valence-electron chi connectivity index (χ2n) is 4.53. The SMILES string of the molecule is CN(/N=C\c1ccc(O)cc1O)c1ncc(Cl)cc1C(F)(F)F. The van der Waals surface area contributed by atoms with E-state index in [4.69, 9.17) is 11.6 Å². The van der Waals surface area contributed by atoms with Gasteiger partial charge in [-0.05, 0) is 18.2 Å². The maximum atomic E-state index is 13.0. The minimum Gasteiger partial charge on any atom is -0.508 e. The summed E-state index contributed by atoms with van der Waals surface area (Å²) in [5.74, 6) is -0.842. The van der Waals surface area contributed by atoms with Crippen molar-refractivity contribution in [1.29, 1.82) is 0 Å². The van der Waals surface area contributed by atoms with Gasteiger partial charge in [0, 0.05) is 24.9 Å². The van der Waals surface area contributed by atoms with Gasteiger partial charge in [-0.25, -0.2) is 4.98 Å². The van der Waals surface area contributed by atoms with Crippen LogP contribution < -0.4 is 5.01 Å². The fourth-order valence-electron chi connectivity index (χ4n) is 1.74. The van der Waals surface area contributed by atoms with Gasteiger partial charge in [-0.1, -0.05) is 11.6 Å². The van der Waals surface area contributed by atoms with Crippen molar-refractivity contribution in [2.75, 3.05) is 12.1 Å². The van der Waals surface area contributed by atoms with E-state index in [1.165, 1.54) is 19.2 Å². The van der Waals surface area contributed by atoms with Crippen LogP contribution in [0.1, 0.15) is 11.1 Å². The number of phenols is 2. The van der Waals surface area contributed by atoms with E-state index in [1.807, 2.05) is 0 Å². The number of halogens is 4. The van der Waals surface area contributed by atoms with Crippen molar-refractivity contribution in [2.24, 2.45) is 5.10 Å². The van der Waals surface area contributed by atoms with E-state index in [2.05, 4.69) is 10.1 Å². The highest BCUT2D eigenvalue weighted by Gasteiger charge is 2.35. The highest BCUT2D eigenvalue weighted by atomic mass is 35.5. The Balaban J connectivity index is 2.34. The van der Waals surface area contributed by atoms with Crippen LogP contribution in [0.2, 0.25) is 5.02 Å². The molecule has 0 aliphatic rings. The molecule has 0 aliphatic carbocycles. The van der Waals surface area contributed by atoms with Crippen LogP contribution in [-0.2, 0) is 6.18 Å². The second kappa shape index (κ2) is 6.33. The van der Waals surface area contributed by atoms with Crippen LogP contribution in [0, 0.1) is 0 Å². The number of nitrogens with zero attached hydrogens (tertiary/aromatic N) is 3. The molecule has 9 heteroatoms. The van der Waals surface area contributed by atoms with Crippen LogP contribution in [-0.4, -0.2) is 28.5 Å². The molecule has 0 atom stereocenters. The number of rotatable bonds is 3. The molecule has 0 saturated carbocycles. The summed E-state index contributed by atoms with van der Waals surface area (Å²) in [6.45, 7) is 0. The molecule has 1 aromatic carbocycles. The second-order valence-corrected chi connectivity index (χ2v) is 4.97. The molecule has 1 aromatic heterocycles. The van der Waals surface area contributed by atoms with E-state index in [0.29, 0.717) is 0 Å². The van der Waals surface area contributed by atoms with Crippen molar-refractivity contribution in [2.45, 2.75) is 6.18 Å². The zero-order valence-corrected chi connectivity index (χ0v) is 12.5. The molecule has 1 heterocycles. The molecule has 0 unspecified atom stereocenters. The van der Waals surface area contributed by atoms with Crippen molar-refractivity contribution >= 4 is 23.6 Å². The van der Waals surface area contributed by atoms with Gasteiger partial charge in [0.1, 0.15) is 17.1 Å². The molecule has 2 N–H and O–H groups in total. The number of hydrazone groups is 1. The van der Waals surface area contributed by atoms with Crippen molar-refractivity contribution in [3.8, 4) is 11.5 Å². The number of aromatic nitrogens is 1. The van der Waals surface area contributed by atoms with Gasteiger partial charge in [0.05, 0.1) is 11.2 Å². The number of aromatic hydroxyl groups is 2. The van der Waals surface area contributed by atoms with Gasteiger partial charge in [0.15, 0.2) is 5.82 Å². The molecular weight excluding hydrogens is 335 g/mol. The molecule has 0 radical (unpaired) electrons. The van der Waals surface area contributed by atoms with Gasteiger partial charge in [-0.3, -0.25) is 5.01 Å². The first-order valence-electron chi connectivity index (χ1n) is 6.21. The summed E-state index contributed by atoms with van der Waals surface area (Å²) in [5.41, 5.74) is -0.809. The average molecular weight is 346 g/mol. The van der Waals surface area contributed by atoms with E-state index >= 15 is 0 Å². The van der Waals surface area contributed by atoms with Crippen molar-refractivity contribution in [3.05, 3.63) is 46.6 Å². The number of benzene rings is 1. The molecular formula is C14H11ClF3N3O2. The van der Waals surface area contributed by atoms with Crippen molar-refractivity contribution < 1.29 is 23.4 Å². The summed E-state index contributed by atoms with van der Waals surface area (Å²) in [4.78, 5) is 3.65. The number of anilines is 1. The molecule has 2 aromatic rings. The normalized spacial score (nSPS) is 11.9. The Labute approximate surface area is 134 Å². The molecule has 5 nitrogen and oxygen atoms in total. The third kappa shape index (κ3) is 4.04. The van der Waals surface area contributed by atoms with Crippen LogP contribution >= 0.6 is 11.6 Å². The average Bonchev–Trinajstić information content (AvgIpc) is 2.45. The van der Waals surface area contributed by atoms with Crippen LogP contribution in [0.15, 0.2) is 35.6 Å². The highest BCUT2D eigenvalue weighted by Crippen LogP contribution is 2.36. The molecule has 0 fully saturated rings. The Morgan fingerprint density at radius 2 is 1.96 bits per heavy atom. The number of hydrogen-bond acceptors (Lipinski definition) is 5. The van der Waals surface area contributed by atoms with E-state index in [-0.39, 0.29) is 22.1 Å². The third-order valence-electron chi connectivity index (χ3n) is 2.83. The Morgan fingerprint density at radius 1 is 1.26 bits per heavy atom. The summed E-state index contributed by atoms with van der Waals surface area (Å²) < 4.78 is 39.0. The van der Waals surface area contributed by atoms with E-state index in [1.54, 1.807) is 0 Å². The molecule has 0 bridgehead atoms. The Hall–Kier alpha value is -2.48. The van der Waals surface area contributed by atoms with Crippen LogP contribution in [0.5, 0.6) is 11.5 Å². The zero-order valence-electron chi connectivity index (χ0n) is 11.7. The Morgan fingerprint density at radius 3 is 2.57 bits per heavy atom. The standard InChI is InChI=1S/C14H11ClF3N3O2/c1-21(20-6-8-2-3-10(22)5-12(8)23)13-11(14(16,17)18)4-9(15)7-19-13/h2-7,22-23H,1H3/b20-6-. The fraction of sp³-hybridized carbons (Fsp3) is 0.143. The van der Waals surface area contributed by atoms with E-state index in [0.717, 1.165) is 29.6 Å². The minimum absolute atomic E-state index is 0.144. The first kappa shape index (κ1) is 16.9. The quantitative estimate of drug-likeness (QED) is 0.658. The van der Waals surface area contributed by atoms with E-state index < -0.39 is 17.6 Å². The number of hydrogen-bond donors (Lipinski definition) is 2. The molecule has 0 saturated heterocycles. The first-order chi connectivity index (χ1) is 10.7. The van der Waals surface area contributed by atoms with Gasteiger partial charge in [-0.2, -0.15) is 18.3 Å². The lowest BCUT2D eigenvalue weighted by Crippen LogP contribution is -2.18. The predicted octanol–water partition coefficient (Wildman–Crippen LogP) is 3.64. The number of pyridine rings is 1. The Bertz CT molecular complexity index is 751. The summed E-state index contributed by atoms with van der Waals surface area (Å²) >= 11 is 5.56. The number of alkyl halides is 3. The first-order valence-corrected chi connectivity index (χ1v) is 6.58. The maximum absolute atomic E-state index is 13.0.